The van der Waals surface area contributed by atoms with Crippen molar-refractivity contribution in [2.45, 2.75) is 25.2 Å². The van der Waals surface area contributed by atoms with Crippen molar-refractivity contribution in [1.29, 1.82) is 0 Å². The molecule has 5 rings (SSSR count). The minimum Gasteiger partial charge on any atom is -0.486 e. The van der Waals surface area contributed by atoms with Crippen LogP contribution in [-0.4, -0.2) is 50.8 Å². The highest BCUT2D eigenvalue weighted by molar-refractivity contribution is 5.65. The number of para-hydroxylation sites is 1. The third kappa shape index (κ3) is 3.99. The Morgan fingerprint density at radius 1 is 0.931 bits per heavy atom. The van der Waals surface area contributed by atoms with Gasteiger partial charge in [0, 0.05) is 38.6 Å². The number of anilines is 1. The van der Waals surface area contributed by atoms with Crippen LogP contribution < -0.4 is 14.4 Å². The number of aryl methyl sites for hydroxylation is 1. The lowest BCUT2D eigenvalue weighted by atomic mass is 10.0. The summed E-state index contributed by atoms with van der Waals surface area (Å²) in [6, 6.07) is 15.1. The summed E-state index contributed by atoms with van der Waals surface area (Å²) < 4.78 is 11.6. The Morgan fingerprint density at radius 3 is 2.72 bits per heavy atom. The molecule has 0 N–H and O–H groups in total. The van der Waals surface area contributed by atoms with Gasteiger partial charge in [-0.15, -0.1) is 0 Å². The van der Waals surface area contributed by atoms with Crippen molar-refractivity contribution < 1.29 is 9.47 Å². The molecule has 4 heteroatoms. The van der Waals surface area contributed by atoms with E-state index in [1.54, 1.807) is 0 Å². The molecule has 29 heavy (non-hydrogen) atoms. The molecule has 0 aromatic heterocycles. The third-order valence-electron chi connectivity index (χ3n) is 6.42. The van der Waals surface area contributed by atoms with Gasteiger partial charge in [0.1, 0.15) is 13.2 Å². The van der Waals surface area contributed by atoms with Gasteiger partial charge in [-0.2, -0.15) is 0 Å². The van der Waals surface area contributed by atoms with Crippen LogP contribution in [0, 0.1) is 0 Å². The lowest BCUT2D eigenvalue weighted by Gasteiger charge is -2.37. The standard InChI is InChI=1S/C25H30N2O2/c1-2-8-22-20(6-1)11-12-21(22)7-3-4-13-26-14-16-27(17-15-26)23-9-5-10-24-25(23)29-19-18-28-24/h1-3,5-10,21H,4,11-19H2. The van der Waals surface area contributed by atoms with E-state index < -0.39 is 0 Å². The van der Waals surface area contributed by atoms with Crippen LogP contribution in [0.5, 0.6) is 11.5 Å². The molecule has 0 bridgehead atoms. The van der Waals surface area contributed by atoms with Crippen molar-refractivity contribution in [2.24, 2.45) is 0 Å². The van der Waals surface area contributed by atoms with Crippen molar-refractivity contribution in [3.8, 4) is 11.5 Å². The second-order valence-corrected chi connectivity index (χ2v) is 8.19. The molecule has 4 nitrogen and oxygen atoms in total. The predicted molar refractivity (Wildman–Crippen MR) is 117 cm³/mol. The molecule has 2 aromatic rings. The number of piperazine rings is 1. The summed E-state index contributed by atoms with van der Waals surface area (Å²) >= 11 is 0. The van der Waals surface area contributed by atoms with Gasteiger partial charge in [0.15, 0.2) is 11.5 Å². The van der Waals surface area contributed by atoms with Gasteiger partial charge in [0.25, 0.3) is 0 Å². The molecular formula is C25H30N2O2. The zero-order chi connectivity index (χ0) is 19.5. The van der Waals surface area contributed by atoms with Crippen LogP contribution in [0.1, 0.15) is 29.9 Å². The van der Waals surface area contributed by atoms with Crippen molar-refractivity contribution in [3.05, 3.63) is 65.7 Å². The molecule has 0 saturated carbocycles. The molecule has 1 aliphatic carbocycles. The quantitative estimate of drug-likeness (QED) is 0.713. The van der Waals surface area contributed by atoms with Crippen LogP contribution in [0.25, 0.3) is 0 Å². The fraction of sp³-hybridized carbons (Fsp3) is 0.440. The number of hydrogen-bond acceptors (Lipinski definition) is 4. The molecule has 2 heterocycles. The van der Waals surface area contributed by atoms with Gasteiger partial charge in [0.2, 0.25) is 0 Å². The van der Waals surface area contributed by atoms with E-state index in [1.165, 1.54) is 29.7 Å². The van der Waals surface area contributed by atoms with Gasteiger partial charge in [-0.25, -0.2) is 0 Å². The molecule has 2 aliphatic heterocycles. The molecular weight excluding hydrogens is 360 g/mol. The summed E-state index contributed by atoms with van der Waals surface area (Å²) in [5, 5.41) is 0. The molecule has 0 amide bonds. The maximum Gasteiger partial charge on any atom is 0.184 e. The van der Waals surface area contributed by atoms with Gasteiger partial charge in [-0.05, 0) is 42.5 Å². The van der Waals surface area contributed by atoms with Gasteiger partial charge in [-0.1, -0.05) is 42.5 Å². The largest absolute Gasteiger partial charge is 0.486 e. The Hall–Kier alpha value is -2.46. The van der Waals surface area contributed by atoms with Crippen LogP contribution in [0.3, 0.4) is 0 Å². The maximum atomic E-state index is 5.90. The highest BCUT2D eigenvalue weighted by Gasteiger charge is 2.23. The van der Waals surface area contributed by atoms with Crippen LogP contribution in [0.4, 0.5) is 5.69 Å². The Balaban J connectivity index is 1.11. The third-order valence-corrected chi connectivity index (χ3v) is 6.42. The molecule has 2 aromatic carbocycles. The lowest BCUT2D eigenvalue weighted by molar-refractivity contribution is 0.171. The normalized spacial score (nSPS) is 21.5. The van der Waals surface area contributed by atoms with Crippen molar-refractivity contribution >= 4 is 5.69 Å². The highest BCUT2D eigenvalue weighted by atomic mass is 16.6. The smallest absolute Gasteiger partial charge is 0.184 e. The lowest BCUT2D eigenvalue weighted by Crippen LogP contribution is -2.46. The Bertz CT molecular complexity index is 871. The zero-order valence-electron chi connectivity index (χ0n) is 17.1. The first-order valence-electron chi connectivity index (χ1n) is 11.0. The molecule has 1 saturated heterocycles. The van der Waals surface area contributed by atoms with Gasteiger partial charge in [0.05, 0.1) is 5.69 Å². The fourth-order valence-corrected chi connectivity index (χ4v) is 4.83. The Morgan fingerprint density at radius 2 is 1.79 bits per heavy atom. The second kappa shape index (κ2) is 8.50. The SMILES string of the molecule is C(=CC1CCc2ccccc21)CCN1CCN(c2cccc3c2OCCO3)CC1. The summed E-state index contributed by atoms with van der Waals surface area (Å²) in [5.41, 5.74) is 4.26. The molecule has 152 valence electrons. The van der Waals surface area contributed by atoms with E-state index >= 15 is 0 Å². The predicted octanol–water partition coefficient (Wildman–Crippen LogP) is 4.26. The minimum absolute atomic E-state index is 0.620. The van der Waals surface area contributed by atoms with E-state index in [0.29, 0.717) is 19.1 Å². The first-order valence-corrected chi connectivity index (χ1v) is 11.0. The summed E-state index contributed by atoms with van der Waals surface area (Å²) in [6.45, 7) is 6.71. The van der Waals surface area contributed by atoms with Crippen molar-refractivity contribution in [3.63, 3.8) is 0 Å². The molecule has 1 atom stereocenters. The van der Waals surface area contributed by atoms with Gasteiger partial charge < -0.3 is 14.4 Å². The van der Waals surface area contributed by atoms with Gasteiger partial charge in [-0.3, -0.25) is 4.90 Å². The number of rotatable bonds is 5. The van der Waals surface area contributed by atoms with E-state index in [9.17, 15) is 0 Å². The summed E-state index contributed by atoms with van der Waals surface area (Å²) in [7, 11) is 0. The molecule has 0 radical (unpaired) electrons. The molecule has 3 aliphatic rings. The summed E-state index contributed by atoms with van der Waals surface area (Å²) in [5.74, 6) is 2.43. The van der Waals surface area contributed by atoms with Crippen LogP contribution in [0.2, 0.25) is 0 Å². The zero-order valence-corrected chi connectivity index (χ0v) is 17.1. The Labute approximate surface area is 173 Å². The number of fused-ring (bicyclic) bond motifs is 2. The van der Waals surface area contributed by atoms with E-state index in [1.807, 2.05) is 6.07 Å². The monoisotopic (exact) mass is 390 g/mol. The number of nitrogens with zero attached hydrogens (tertiary/aromatic N) is 2. The van der Waals surface area contributed by atoms with Crippen LogP contribution >= 0.6 is 0 Å². The minimum atomic E-state index is 0.620. The summed E-state index contributed by atoms with van der Waals surface area (Å²) in [4.78, 5) is 5.02. The maximum absolute atomic E-state index is 5.90. The van der Waals surface area contributed by atoms with E-state index in [4.69, 9.17) is 9.47 Å². The van der Waals surface area contributed by atoms with Crippen LogP contribution in [0.15, 0.2) is 54.6 Å². The number of hydrogen-bond donors (Lipinski definition) is 0. The van der Waals surface area contributed by atoms with E-state index in [-0.39, 0.29) is 0 Å². The highest BCUT2D eigenvalue weighted by Crippen LogP contribution is 2.39. The van der Waals surface area contributed by atoms with Gasteiger partial charge >= 0.3 is 0 Å². The first-order chi connectivity index (χ1) is 14.4. The number of benzene rings is 2. The summed E-state index contributed by atoms with van der Waals surface area (Å²) in [6.07, 6.45) is 8.47. The molecule has 0 spiro atoms. The average molecular weight is 391 g/mol. The average Bonchev–Trinajstić information content (AvgIpc) is 3.20. The fourth-order valence-electron chi connectivity index (χ4n) is 4.83. The Kier molecular flexibility index (Phi) is 5.44. The number of allylic oxidation sites excluding steroid dienone is 1. The molecule has 1 fully saturated rings. The molecule has 1 unspecified atom stereocenters. The van der Waals surface area contributed by atoms with Crippen LogP contribution in [-0.2, 0) is 6.42 Å². The first kappa shape index (κ1) is 18.6. The van der Waals surface area contributed by atoms with E-state index in [0.717, 1.165) is 50.6 Å². The van der Waals surface area contributed by atoms with Crippen molar-refractivity contribution in [1.82, 2.24) is 4.90 Å². The number of ether oxygens (including phenoxy) is 2. The second-order valence-electron chi connectivity index (χ2n) is 8.19. The van der Waals surface area contributed by atoms with E-state index in [2.05, 4.69) is 58.4 Å². The topological polar surface area (TPSA) is 24.9 Å². The van der Waals surface area contributed by atoms with Crippen molar-refractivity contribution in [2.75, 3.05) is 50.8 Å².